The number of likely N-dealkylation sites (N-methyl/N-ethyl adjacent to an activating group) is 1. The van der Waals surface area contributed by atoms with Gasteiger partial charge in [-0.15, -0.1) is 0 Å². The fourth-order valence-electron chi connectivity index (χ4n) is 3.24. The number of esters is 1. The molecule has 0 saturated carbocycles. The van der Waals surface area contributed by atoms with Crippen LogP contribution >= 0.6 is 0 Å². The highest BCUT2D eigenvalue weighted by Crippen LogP contribution is 2.36. The van der Waals surface area contributed by atoms with E-state index >= 15 is 0 Å². The van der Waals surface area contributed by atoms with Gasteiger partial charge in [-0.25, -0.2) is 0 Å². The summed E-state index contributed by atoms with van der Waals surface area (Å²) in [5.41, 5.74) is -0.159. The molecule has 0 bridgehead atoms. The highest BCUT2D eigenvalue weighted by Gasteiger charge is 2.48. The van der Waals surface area contributed by atoms with Gasteiger partial charge in [0.15, 0.2) is 0 Å². The molecule has 0 aromatic rings. The van der Waals surface area contributed by atoms with Gasteiger partial charge in [0.05, 0.1) is 24.7 Å². The van der Waals surface area contributed by atoms with Crippen molar-refractivity contribution in [2.45, 2.75) is 38.3 Å². The second-order valence-electron chi connectivity index (χ2n) is 5.64. The van der Waals surface area contributed by atoms with Crippen LogP contribution in [0.5, 0.6) is 0 Å². The minimum atomic E-state index is -0.159. The van der Waals surface area contributed by atoms with Gasteiger partial charge in [-0.1, -0.05) is 0 Å². The molecular formula is C14H26N2O3. The molecule has 2 unspecified atom stereocenters. The minimum Gasteiger partial charge on any atom is -0.466 e. The molecule has 0 aliphatic carbocycles. The maximum absolute atomic E-state index is 11.9. The zero-order chi connectivity index (χ0) is 13.9. The minimum absolute atomic E-state index is 0.0975. The lowest BCUT2D eigenvalue weighted by molar-refractivity contribution is -0.148. The highest BCUT2D eigenvalue weighted by molar-refractivity contribution is 5.71. The van der Waals surface area contributed by atoms with E-state index in [-0.39, 0.29) is 17.6 Å². The Balaban J connectivity index is 2.08. The largest absolute Gasteiger partial charge is 0.466 e. The standard InChI is InChI=1S/C14H26N2O3/c1-4-18-13(17)11-14(5-10-19-12(14)2)16-8-6-15(3)7-9-16/h12H,4-11H2,1-3H3. The lowest BCUT2D eigenvalue weighted by Crippen LogP contribution is -2.60. The summed E-state index contributed by atoms with van der Waals surface area (Å²) < 4.78 is 10.9. The van der Waals surface area contributed by atoms with Crippen LogP contribution in [0.4, 0.5) is 0 Å². The summed E-state index contributed by atoms with van der Waals surface area (Å²) in [6, 6.07) is 0. The van der Waals surface area contributed by atoms with Gasteiger partial charge in [0.2, 0.25) is 0 Å². The Bertz CT molecular complexity index is 316. The summed E-state index contributed by atoms with van der Waals surface area (Å²) in [6.45, 7) is 9.25. The highest BCUT2D eigenvalue weighted by atomic mass is 16.5. The summed E-state index contributed by atoms with van der Waals surface area (Å²) in [5.74, 6) is -0.0984. The van der Waals surface area contributed by atoms with Gasteiger partial charge in [0, 0.05) is 32.8 Å². The molecule has 0 amide bonds. The van der Waals surface area contributed by atoms with E-state index in [1.165, 1.54) is 0 Å². The van der Waals surface area contributed by atoms with Crippen molar-refractivity contribution in [3.05, 3.63) is 0 Å². The molecule has 2 heterocycles. The Kier molecular flexibility index (Phi) is 4.81. The molecule has 0 spiro atoms. The van der Waals surface area contributed by atoms with Gasteiger partial charge in [-0.2, -0.15) is 0 Å². The van der Waals surface area contributed by atoms with E-state index < -0.39 is 0 Å². The number of nitrogens with zero attached hydrogens (tertiary/aromatic N) is 2. The third-order valence-electron chi connectivity index (χ3n) is 4.55. The molecule has 0 radical (unpaired) electrons. The first kappa shape index (κ1) is 14.8. The molecule has 5 nitrogen and oxygen atoms in total. The van der Waals surface area contributed by atoms with Gasteiger partial charge < -0.3 is 14.4 Å². The monoisotopic (exact) mass is 270 g/mol. The molecule has 2 fully saturated rings. The predicted octanol–water partition coefficient (Wildman–Crippen LogP) is 0.735. The number of hydrogen-bond acceptors (Lipinski definition) is 5. The Morgan fingerprint density at radius 2 is 2.05 bits per heavy atom. The predicted molar refractivity (Wildman–Crippen MR) is 73.1 cm³/mol. The van der Waals surface area contributed by atoms with Crippen LogP contribution in [0.3, 0.4) is 0 Å². The molecule has 2 aliphatic heterocycles. The van der Waals surface area contributed by atoms with Gasteiger partial charge in [-0.3, -0.25) is 9.69 Å². The van der Waals surface area contributed by atoms with Crippen molar-refractivity contribution in [1.82, 2.24) is 9.80 Å². The molecule has 5 heteroatoms. The molecule has 110 valence electrons. The van der Waals surface area contributed by atoms with Crippen molar-refractivity contribution < 1.29 is 14.3 Å². The van der Waals surface area contributed by atoms with Crippen LogP contribution in [0, 0.1) is 0 Å². The molecule has 2 atom stereocenters. The fourth-order valence-corrected chi connectivity index (χ4v) is 3.24. The van der Waals surface area contributed by atoms with Crippen molar-refractivity contribution >= 4 is 5.97 Å². The Hall–Kier alpha value is -0.650. The molecule has 0 aromatic heterocycles. The summed E-state index contributed by atoms with van der Waals surface area (Å²) in [5, 5.41) is 0. The first-order chi connectivity index (χ1) is 9.08. The number of piperazine rings is 1. The van der Waals surface area contributed by atoms with Gasteiger partial charge in [-0.05, 0) is 27.3 Å². The van der Waals surface area contributed by atoms with Crippen molar-refractivity contribution in [1.29, 1.82) is 0 Å². The van der Waals surface area contributed by atoms with Crippen LogP contribution in [0.25, 0.3) is 0 Å². The topological polar surface area (TPSA) is 42.0 Å². The fraction of sp³-hybridized carbons (Fsp3) is 0.929. The summed E-state index contributed by atoms with van der Waals surface area (Å²) in [7, 11) is 2.14. The second-order valence-corrected chi connectivity index (χ2v) is 5.64. The average molecular weight is 270 g/mol. The Morgan fingerprint density at radius 1 is 1.37 bits per heavy atom. The number of carbonyl (C=O) groups is 1. The van der Waals surface area contributed by atoms with Crippen LogP contribution in [0.15, 0.2) is 0 Å². The molecule has 2 saturated heterocycles. The SMILES string of the molecule is CCOC(=O)CC1(N2CCN(C)CC2)CCOC1C. The third kappa shape index (κ3) is 3.09. The van der Waals surface area contributed by atoms with E-state index in [2.05, 4.69) is 23.8 Å². The smallest absolute Gasteiger partial charge is 0.307 e. The van der Waals surface area contributed by atoms with Gasteiger partial charge in [0.25, 0.3) is 0 Å². The van der Waals surface area contributed by atoms with Crippen molar-refractivity contribution in [2.75, 3.05) is 46.4 Å². The van der Waals surface area contributed by atoms with Gasteiger partial charge in [0.1, 0.15) is 0 Å². The number of rotatable bonds is 4. The van der Waals surface area contributed by atoms with E-state index in [4.69, 9.17) is 9.47 Å². The van der Waals surface area contributed by atoms with E-state index in [1.54, 1.807) is 0 Å². The maximum Gasteiger partial charge on any atom is 0.307 e. The summed E-state index contributed by atoms with van der Waals surface area (Å²) in [6.07, 6.45) is 1.47. The zero-order valence-electron chi connectivity index (χ0n) is 12.4. The molecule has 0 N–H and O–H groups in total. The summed E-state index contributed by atoms with van der Waals surface area (Å²) >= 11 is 0. The molecule has 2 rings (SSSR count). The number of ether oxygens (including phenoxy) is 2. The Morgan fingerprint density at radius 3 is 2.58 bits per heavy atom. The second kappa shape index (κ2) is 6.20. The summed E-state index contributed by atoms with van der Waals surface area (Å²) in [4.78, 5) is 16.7. The normalized spacial score (nSPS) is 33.5. The van der Waals surface area contributed by atoms with E-state index in [1.807, 2.05) is 6.92 Å². The van der Waals surface area contributed by atoms with Crippen LogP contribution in [0.2, 0.25) is 0 Å². The van der Waals surface area contributed by atoms with E-state index in [9.17, 15) is 4.79 Å². The lowest BCUT2D eigenvalue weighted by atomic mass is 9.85. The molecule has 0 aromatic carbocycles. The van der Waals surface area contributed by atoms with Crippen LogP contribution in [-0.4, -0.2) is 73.9 Å². The molecule has 19 heavy (non-hydrogen) atoms. The average Bonchev–Trinajstić information content (AvgIpc) is 2.73. The third-order valence-corrected chi connectivity index (χ3v) is 4.55. The van der Waals surface area contributed by atoms with Crippen LogP contribution in [-0.2, 0) is 14.3 Å². The van der Waals surface area contributed by atoms with Crippen LogP contribution < -0.4 is 0 Å². The van der Waals surface area contributed by atoms with E-state index in [0.717, 1.165) is 39.2 Å². The molecular weight excluding hydrogens is 244 g/mol. The van der Waals surface area contributed by atoms with Crippen molar-refractivity contribution in [3.8, 4) is 0 Å². The Labute approximate surface area is 115 Å². The first-order valence-corrected chi connectivity index (χ1v) is 7.29. The zero-order valence-corrected chi connectivity index (χ0v) is 12.4. The maximum atomic E-state index is 11.9. The quantitative estimate of drug-likeness (QED) is 0.705. The van der Waals surface area contributed by atoms with Crippen molar-refractivity contribution in [2.24, 2.45) is 0 Å². The number of carbonyl (C=O) groups excluding carboxylic acids is 1. The lowest BCUT2D eigenvalue weighted by Gasteiger charge is -2.46. The molecule has 2 aliphatic rings. The number of hydrogen-bond donors (Lipinski definition) is 0. The van der Waals surface area contributed by atoms with Crippen LogP contribution in [0.1, 0.15) is 26.7 Å². The van der Waals surface area contributed by atoms with Gasteiger partial charge >= 0.3 is 5.97 Å². The van der Waals surface area contributed by atoms with E-state index in [0.29, 0.717) is 13.0 Å². The van der Waals surface area contributed by atoms with Crippen molar-refractivity contribution in [3.63, 3.8) is 0 Å². The first-order valence-electron chi connectivity index (χ1n) is 7.29.